The molecule has 0 radical (unpaired) electrons. The summed E-state index contributed by atoms with van der Waals surface area (Å²) in [7, 11) is 0. The largest absolute Gasteiger partial charge is 0.489 e. The zero-order valence-corrected chi connectivity index (χ0v) is 21.0. The molecule has 3 unspecified atom stereocenters. The molecule has 2 saturated heterocycles. The van der Waals surface area contributed by atoms with Crippen molar-refractivity contribution in [3.8, 4) is 11.8 Å². The lowest BCUT2D eigenvalue weighted by Gasteiger charge is -2.48. The van der Waals surface area contributed by atoms with Crippen LogP contribution in [0.3, 0.4) is 0 Å². The van der Waals surface area contributed by atoms with Gasteiger partial charge < -0.3 is 9.64 Å². The molecule has 3 atom stereocenters. The first-order valence-electron chi connectivity index (χ1n) is 13.3. The highest BCUT2D eigenvalue weighted by molar-refractivity contribution is 6.05. The van der Waals surface area contributed by atoms with Crippen molar-refractivity contribution in [2.45, 2.75) is 69.2 Å². The number of rotatable bonds is 5. The second-order valence-corrected chi connectivity index (χ2v) is 10.7. The first kappa shape index (κ1) is 24.6. The zero-order chi connectivity index (χ0) is 26.4. The molecule has 196 valence electrons. The summed E-state index contributed by atoms with van der Waals surface area (Å²) in [5.74, 6) is -0.388. The van der Waals surface area contributed by atoms with Gasteiger partial charge in [0.05, 0.1) is 11.6 Å². The maximum Gasteiger partial charge on any atom is 0.255 e. The number of halogens is 1. The van der Waals surface area contributed by atoms with E-state index in [2.05, 4.69) is 16.3 Å². The number of fused-ring (bicyclic) bond motifs is 1. The van der Waals surface area contributed by atoms with Gasteiger partial charge >= 0.3 is 0 Å². The molecule has 3 heterocycles. The summed E-state index contributed by atoms with van der Waals surface area (Å²) in [6.45, 7) is 1.94. The number of amides is 3. The topological polar surface area (TPSA) is 103 Å². The highest BCUT2D eigenvalue weighted by Crippen LogP contribution is 2.37. The number of carbonyl (C=O) groups excluding carboxylic acids is 3. The lowest BCUT2D eigenvalue weighted by Crippen LogP contribution is -2.57. The fourth-order valence-electron chi connectivity index (χ4n) is 6.39. The Hall–Kier alpha value is -3.77. The molecular weight excluding hydrogens is 487 g/mol. The molecule has 0 bridgehead atoms. The van der Waals surface area contributed by atoms with Gasteiger partial charge in [-0.2, -0.15) is 5.26 Å². The molecule has 38 heavy (non-hydrogen) atoms. The third-order valence-corrected chi connectivity index (χ3v) is 8.40. The van der Waals surface area contributed by atoms with Gasteiger partial charge in [0.25, 0.3) is 5.91 Å². The van der Waals surface area contributed by atoms with Crippen molar-refractivity contribution in [1.82, 2.24) is 15.1 Å². The molecule has 6 rings (SSSR count). The molecule has 2 aromatic rings. The van der Waals surface area contributed by atoms with Crippen molar-refractivity contribution in [3.63, 3.8) is 0 Å². The van der Waals surface area contributed by atoms with Crippen LogP contribution in [-0.2, 0) is 16.1 Å². The smallest absolute Gasteiger partial charge is 0.255 e. The monoisotopic (exact) mass is 516 g/mol. The second-order valence-electron chi connectivity index (χ2n) is 10.7. The highest BCUT2D eigenvalue weighted by Gasteiger charge is 2.41. The lowest BCUT2D eigenvalue weighted by atomic mass is 9.83. The number of hydrogen-bond acceptors (Lipinski definition) is 6. The Kier molecular flexibility index (Phi) is 6.36. The Labute approximate surface area is 220 Å². The van der Waals surface area contributed by atoms with Crippen LogP contribution in [0.5, 0.6) is 5.75 Å². The number of piperidine rings is 1. The molecule has 2 aromatic carbocycles. The maximum absolute atomic E-state index is 13.6. The minimum absolute atomic E-state index is 0.00903. The van der Waals surface area contributed by atoms with Crippen LogP contribution in [0.25, 0.3) is 0 Å². The average molecular weight is 517 g/mol. The van der Waals surface area contributed by atoms with Crippen LogP contribution in [0.1, 0.15) is 71.5 Å². The first-order chi connectivity index (χ1) is 18.4. The average Bonchev–Trinajstić information content (AvgIpc) is 3.20. The number of imide groups is 1. The summed E-state index contributed by atoms with van der Waals surface area (Å²) in [5.41, 5.74) is 2.71. The molecular formula is C29H29FN4O4. The number of likely N-dealkylation sites (tertiary alicyclic amines) is 1. The Bertz CT molecular complexity index is 1350. The van der Waals surface area contributed by atoms with Gasteiger partial charge in [-0.1, -0.05) is 12.5 Å². The number of benzene rings is 2. The summed E-state index contributed by atoms with van der Waals surface area (Å²) in [4.78, 5) is 40.8. The summed E-state index contributed by atoms with van der Waals surface area (Å²) in [6.07, 6.45) is 4.75. The van der Waals surface area contributed by atoms with E-state index in [1.54, 1.807) is 17.0 Å². The van der Waals surface area contributed by atoms with E-state index in [-0.39, 0.29) is 36.3 Å². The molecule has 3 aliphatic heterocycles. The molecule has 3 amide bonds. The molecule has 9 heteroatoms. The summed E-state index contributed by atoms with van der Waals surface area (Å²) < 4.78 is 20.1. The SMILES string of the molecule is N#Cc1cc(F)ccc1C1CN(C2CCCCC2Oc2ccc3c(c2)CN(C2CCC(=O)NC2=O)C3=O)C1. The van der Waals surface area contributed by atoms with Gasteiger partial charge in [-0.15, -0.1) is 0 Å². The molecule has 4 aliphatic rings. The summed E-state index contributed by atoms with van der Waals surface area (Å²) in [6, 6.07) is 11.7. The number of carbonyl (C=O) groups is 3. The van der Waals surface area contributed by atoms with E-state index in [0.29, 0.717) is 29.8 Å². The molecule has 0 spiro atoms. The van der Waals surface area contributed by atoms with E-state index < -0.39 is 17.8 Å². The van der Waals surface area contributed by atoms with Crippen LogP contribution in [0, 0.1) is 17.1 Å². The van der Waals surface area contributed by atoms with Gasteiger partial charge in [0.1, 0.15) is 23.7 Å². The van der Waals surface area contributed by atoms with Crippen LogP contribution in [-0.4, -0.2) is 58.8 Å². The fraction of sp³-hybridized carbons (Fsp3) is 0.448. The molecule has 1 N–H and O–H groups in total. The van der Waals surface area contributed by atoms with Crippen molar-refractivity contribution in [3.05, 3.63) is 64.5 Å². The van der Waals surface area contributed by atoms with E-state index in [1.807, 2.05) is 12.1 Å². The number of ether oxygens (including phenoxy) is 1. The third kappa shape index (κ3) is 4.43. The molecule has 1 saturated carbocycles. The van der Waals surface area contributed by atoms with Crippen molar-refractivity contribution in [1.29, 1.82) is 5.26 Å². The van der Waals surface area contributed by atoms with Gasteiger partial charge in [-0.3, -0.25) is 24.6 Å². The molecule has 8 nitrogen and oxygen atoms in total. The summed E-state index contributed by atoms with van der Waals surface area (Å²) >= 11 is 0. The molecule has 0 aromatic heterocycles. The Morgan fingerprint density at radius 3 is 2.63 bits per heavy atom. The van der Waals surface area contributed by atoms with E-state index in [0.717, 1.165) is 49.9 Å². The van der Waals surface area contributed by atoms with Crippen molar-refractivity contribution >= 4 is 17.7 Å². The van der Waals surface area contributed by atoms with E-state index in [1.165, 1.54) is 12.1 Å². The standard InChI is InChI=1S/C29H29FN4O4/c30-20-5-7-22(17(11-20)13-31)19-14-33(15-19)24-3-1-2-4-26(24)38-21-6-8-23-18(12-21)16-34(29(23)37)25-9-10-27(35)32-28(25)36/h5-8,11-12,19,24-26H,1-4,9-10,14-16H2,(H,32,35,36). The van der Waals surface area contributed by atoms with Crippen LogP contribution in [0.15, 0.2) is 36.4 Å². The predicted octanol–water partition coefficient (Wildman–Crippen LogP) is 3.25. The normalized spacial score (nSPS) is 25.9. The Morgan fingerprint density at radius 1 is 1.03 bits per heavy atom. The Morgan fingerprint density at radius 2 is 1.84 bits per heavy atom. The van der Waals surface area contributed by atoms with Gasteiger partial charge in [0.2, 0.25) is 11.8 Å². The van der Waals surface area contributed by atoms with Gasteiger partial charge in [0, 0.05) is 43.6 Å². The maximum atomic E-state index is 13.6. The van der Waals surface area contributed by atoms with Crippen LogP contribution in [0.4, 0.5) is 4.39 Å². The lowest BCUT2D eigenvalue weighted by molar-refractivity contribution is -0.136. The van der Waals surface area contributed by atoms with E-state index in [4.69, 9.17) is 4.74 Å². The Balaban J connectivity index is 1.12. The van der Waals surface area contributed by atoms with Gasteiger partial charge in [-0.25, -0.2) is 4.39 Å². The predicted molar refractivity (Wildman–Crippen MR) is 135 cm³/mol. The number of nitriles is 1. The fourth-order valence-corrected chi connectivity index (χ4v) is 6.39. The summed E-state index contributed by atoms with van der Waals surface area (Å²) in [5, 5.41) is 11.8. The molecule has 1 aliphatic carbocycles. The van der Waals surface area contributed by atoms with Gasteiger partial charge in [0.15, 0.2) is 0 Å². The quantitative estimate of drug-likeness (QED) is 0.612. The minimum Gasteiger partial charge on any atom is -0.489 e. The van der Waals surface area contributed by atoms with Crippen LogP contribution in [0.2, 0.25) is 0 Å². The number of hydrogen-bond donors (Lipinski definition) is 1. The van der Waals surface area contributed by atoms with Gasteiger partial charge in [-0.05, 0) is 67.1 Å². The zero-order valence-electron chi connectivity index (χ0n) is 21.0. The third-order valence-electron chi connectivity index (χ3n) is 8.40. The molecule has 3 fully saturated rings. The van der Waals surface area contributed by atoms with E-state index in [9.17, 15) is 24.0 Å². The second kappa shape index (κ2) is 9.84. The van der Waals surface area contributed by atoms with Crippen molar-refractivity contribution < 1.29 is 23.5 Å². The minimum atomic E-state index is -0.637. The first-order valence-corrected chi connectivity index (χ1v) is 13.3. The van der Waals surface area contributed by atoms with Crippen molar-refractivity contribution in [2.75, 3.05) is 13.1 Å². The number of nitrogens with one attached hydrogen (secondary N) is 1. The highest BCUT2D eigenvalue weighted by atomic mass is 19.1. The number of nitrogens with zero attached hydrogens (tertiary/aromatic N) is 3. The van der Waals surface area contributed by atoms with E-state index >= 15 is 0 Å². The van der Waals surface area contributed by atoms with Crippen molar-refractivity contribution in [2.24, 2.45) is 0 Å². The van der Waals surface area contributed by atoms with Crippen LogP contribution < -0.4 is 10.1 Å². The van der Waals surface area contributed by atoms with Crippen LogP contribution >= 0.6 is 0 Å².